The van der Waals surface area contributed by atoms with Gasteiger partial charge in [0.15, 0.2) is 0 Å². The molecule has 4 nitrogen and oxygen atoms in total. The summed E-state index contributed by atoms with van der Waals surface area (Å²) in [4.78, 5) is 13.4. The van der Waals surface area contributed by atoms with Crippen molar-refractivity contribution in [3.05, 3.63) is 71.3 Å². The van der Waals surface area contributed by atoms with Gasteiger partial charge in [0.1, 0.15) is 13.3 Å². The average molecular weight is 754 g/mol. The third-order valence-electron chi connectivity index (χ3n) is 18.9. The van der Waals surface area contributed by atoms with E-state index in [9.17, 15) is 14.3 Å². The molecule has 0 bridgehead atoms. The van der Waals surface area contributed by atoms with Crippen LogP contribution in [0.1, 0.15) is 150 Å². The van der Waals surface area contributed by atoms with Crippen molar-refractivity contribution < 1.29 is 19.0 Å². The number of ether oxygens (including phenoxy) is 1. The normalized spacial score (nSPS) is 42.7. The van der Waals surface area contributed by atoms with E-state index in [2.05, 4.69) is 65.6 Å². The Morgan fingerprint density at radius 2 is 1.65 bits per heavy atom. The molecule has 5 heteroatoms. The Kier molecular flexibility index (Phi) is 10.0. The van der Waals surface area contributed by atoms with Crippen LogP contribution in [0.5, 0.6) is 0 Å². The molecule has 0 aliphatic heterocycles. The van der Waals surface area contributed by atoms with Gasteiger partial charge in [-0.05, 0) is 184 Å². The Morgan fingerprint density at radius 3 is 2.31 bits per heavy atom. The molecule has 7 aliphatic carbocycles. The zero-order valence-electron chi connectivity index (χ0n) is 35.2. The Labute approximate surface area is 332 Å². The topological polar surface area (TPSA) is 58.6 Å². The molecule has 302 valence electrons. The van der Waals surface area contributed by atoms with Gasteiger partial charge in [0, 0.05) is 5.54 Å². The van der Waals surface area contributed by atoms with Crippen molar-refractivity contribution >= 4 is 5.97 Å². The lowest BCUT2D eigenvalue weighted by Crippen LogP contribution is -2.68. The van der Waals surface area contributed by atoms with Crippen molar-refractivity contribution in [1.82, 2.24) is 5.32 Å². The van der Waals surface area contributed by atoms with Crippen LogP contribution in [0.4, 0.5) is 4.39 Å². The maximum atomic E-state index is 14.8. The number of esters is 1. The first-order chi connectivity index (χ1) is 26.1. The van der Waals surface area contributed by atoms with Gasteiger partial charge in [-0.2, -0.15) is 0 Å². The van der Waals surface area contributed by atoms with Gasteiger partial charge in [-0.1, -0.05) is 89.3 Å². The number of allylic oxidation sites excluding steroid dienone is 5. The van der Waals surface area contributed by atoms with Crippen LogP contribution in [0.25, 0.3) is 0 Å². The number of carbonyl (C=O) groups is 1. The van der Waals surface area contributed by atoms with Gasteiger partial charge in [0.2, 0.25) is 0 Å². The smallest absolute Gasteiger partial charge is 0.315 e. The van der Waals surface area contributed by atoms with Crippen molar-refractivity contribution in [2.75, 3.05) is 13.2 Å². The predicted molar refractivity (Wildman–Crippen MR) is 221 cm³/mol. The molecule has 0 radical (unpaired) electrons. The van der Waals surface area contributed by atoms with Gasteiger partial charge in [-0.3, -0.25) is 4.79 Å². The molecular formula is C50H72FNO3. The number of benzene rings is 1. The molecule has 0 unspecified atom stereocenters. The molecule has 10 atom stereocenters. The minimum atomic E-state index is -1.08. The van der Waals surface area contributed by atoms with Crippen LogP contribution >= 0.6 is 0 Å². The lowest BCUT2D eigenvalue weighted by Gasteiger charge is -2.72. The molecule has 2 N–H and O–H groups in total. The van der Waals surface area contributed by atoms with Crippen LogP contribution in [-0.4, -0.2) is 35.4 Å². The van der Waals surface area contributed by atoms with Gasteiger partial charge in [0.05, 0.1) is 11.0 Å². The Morgan fingerprint density at radius 1 is 0.891 bits per heavy atom. The van der Waals surface area contributed by atoms with Crippen molar-refractivity contribution in [1.29, 1.82) is 0 Å². The van der Waals surface area contributed by atoms with Gasteiger partial charge in [-0.25, -0.2) is 4.39 Å². The molecule has 0 saturated heterocycles. The third-order valence-corrected chi connectivity index (χ3v) is 18.9. The highest BCUT2D eigenvalue weighted by molar-refractivity contribution is 5.78. The van der Waals surface area contributed by atoms with E-state index in [1.54, 1.807) is 0 Å². The Hall–Kier alpha value is -2.24. The molecule has 0 amide bonds. The summed E-state index contributed by atoms with van der Waals surface area (Å²) in [5.41, 5.74) is 4.57. The standard InChI is InChI=1S/C50H72FNO3/c1-34(2)37-18-27-50(52-31-30-49(54)21-11-22-49)29-28-46(6)39(42(37)50)14-15-41-45(5)23-19-38(44(3,4)40(45)20-24-47(41,46)7)36-16-25-48(33-51,26-17-36)43(53)55-32-35-12-9-8-10-13-35/h8-10,12-13,16,19,37,39-42,52,54H,1,11,14-15,17-18,20-33H2,2-7H3/t37-,39+,40-,41+,42+,45-,46+,47+,48-,50-/m0/s1. The van der Waals surface area contributed by atoms with Crippen LogP contribution < -0.4 is 5.32 Å². The second kappa shape index (κ2) is 14.0. The van der Waals surface area contributed by atoms with E-state index in [1.807, 2.05) is 30.3 Å². The first-order valence-corrected chi connectivity index (χ1v) is 22.4. The maximum Gasteiger partial charge on any atom is 0.315 e. The number of halogens is 1. The lowest BCUT2D eigenvalue weighted by atomic mass is 9.33. The van der Waals surface area contributed by atoms with Crippen LogP contribution in [0.15, 0.2) is 65.8 Å². The largest absolute Gasteiger partial charge is 0.460 e. The molecule has 55 heavy (non-hydrogen) atoms. The Balaban J connectivity index is 1.01. The lowest BCUT2D eigenvalue weighted by molar-refractivity contribution is -0.221. The van der Waals surface area contributed by atoms with Crippen LogP contribution in [0.3, 0.4) is 0 Å². The minimum Gasteiger partial charge on any atom is -0.460 e. The molecule has 5 saturated carbocycles. The molecular weight excluding hydrogens is 682 g/mol. The molecule has 0 heterocycles. The predicted octanol–water partition coefficient (Wildman–Crippen LogP) is 11.6. The van der Waals surface area contributed by atoms with Gasteiger partial charge in [-0.15, -0.1) is 0 Å². The van der Waals surface area contributed by atoms with E-state index in [-0.39, 0.29) is 33.8 Å². The third kappa shape index (κ3) is 6.12. The summed E-state index contributed by atoms with van der Waals surface area (Å²) in [6.07, 6.45) is 21.8. The van der Waals surface area contributed by atoms with E-state index in [0.717, 1.165) is 44.2 Å². The molecule has 7 aliphatic rings. The molecule has 8 rings (SSSR count). The second-order valence-corrected chi connectivity index (χ2v) is 21.5. The fraction of sp³-hybridized carbons (Fsp3) is 0.740. The number of carbonyl (C=O) groups excluding carboxylic acids is 1. The highest BCUT2D eigenvalue weighted by Gasteiger charge is 2.70. The van der Waals surface area contributed by atoms with Crippen molar-refractivity contribution in [3.8, 4) is 0 Å². The summed E-state index contributed by atoms with van der Waals surface area (Å²) < 4.78 is 20.5. The molecule has 1 aromatic rings. The quantitative estimate of drug-likeness (QED) is 0.185. The number of alkyl halides is 1. The summed E-state index contributed by atoms with van der Waals surface area (Å²) in [7, 11) is 0. The van der Waals surface area contributed by atoms with Gasteiger partial charge in [0.25, 0.3) is 0 Å². The minimum absolute atomic E-state index is 0.00803. The maximum absolute atomic E-state index is 14.8. The summed E-state index contributed by atoms with van der Waals surface area (Å²) >= 11 is 0. The van der Waals surface area contributed by atoms with Crippen molar-refractivity contribution in [2.45, 2.75) is 162 Å². The van der Waals surface area contributed by atoms with Crippen LogP contribution in [0.2, 0.25) is 0 Å². The Bertz CT molecular complexity index is 1710. The van der Waals surface area contributed by atoms with Crippen LogP contribution in [-0.2, 0) is 16.1 Å². The average Bonchev–Trinajstić information content (AvgIpc) is 3.54. The fourth-order valence-corrected chi connectivity index (χ4v) is 15.4. The number of aliphatic hydroxyl groups is 1. The second-order valence-electron chi connectivity index (χ2n) is 21.5. The number of rotatable bonds is 10. The van der Waals surface area contributed by atoms with E-state index >= 15 is 0 Å². The first-order valence-electron chi connectivity index (χ1n) is 22.4. The van der Waals surface area contributed by atoms with E-state index in [0.29, 0.717) is 42.4 Å². The molecule has 0 aromatic heterocycles. The monoisotopic (exact) mass is 754 g/mol. The van der Waals surface area contributed by atoms with E-state index < -0.39 is 23.7 Å². The number of fused-ring (bicyclic) bond motifs is 7. The van der Waals surface area contributed by atoms with E-state index in [4.69, 9.17) is 4.74 Å². The zero-order valence-corrected chi connectivity index (χ0v) is 35.2. The number of nitrogens with one attached hydrogen (secondary N) is 1. The SMILES string of the molecule is C=C(C)[C@@H]1CC[C@]2(NCCC3(O)CCC3)CC[C@]3(C)[C@H](CC[C@@H]4[C@@]5(C)CC=C(C6=CC[C@](CF)(C(=O)OCc7ccccc7)CC6)C(C)(C)[C@@H]5CC[C@]43C)[C@@H]12. The van der Waals surface area contributed by atoms with Crippen molar-refractivity contribution in [3.63, 3.8) is 0 Å². The highest BCUT2D eigenvalue weighted by Crippen LogP contribution is 2.76. The zero-order chi connectivity index (χ0) is 39.1. The molecule has 1 aromatic carbocycles. The summed E-state index contributed by atoms with van der Waals surface area (Å²) in [6, 6.07) is 9.70. The number of hydrogen-bond donors (Lipinski definition) is 2. The summed E-state index contributed by atoms with van der Waals surface area (Å²) in [5.74, 6) is 2.76. The fourth-order valence-electron chi connectivity index (χ4n) is 15.4. The van der Waals surface area contributed by atoms with Gasteiger partial charge < -0.3 is 15.2 Å². The summed E-state index contributed by atoms with van der Waals surface area (Å²) in [5, 5.41) is 15.2. The number of hydrogen-bond acceptors (Lipinski definition) is 4. The first kappa shape index (κ1) is 39.6. The van der Waals surface area contributed by atoms with E-state index in [1.165, 1.54) is 74.5 Å². The van der Waals surface area contributed by atoms with Crippen LogP contribution in [0, 0.1) is 56.7 Å². The summed E-state index contributed by atoms with van der Waals surface area (Å²) in [6.45, 7) is 20.5. The van der Waals surface area contributed by atoms with Gasteiger partial charge >= 0.3 is 5.97 Å². The van der Waals surface area contributed by atoms with Crippen molar-refractivity contribution in [2.24, 2.45) is 56.7 Å². The highest BCUT2D eigenvalue weighted by atomic mass is 19.1. The molecule has 0 spiro atoms. The molecule has 5 fully saturated rings.